The van der Waals surface area contributed by atoms with Gasteiger partial charge in [-0.25, -0.2) is 9.50 Å². The van der Waals surface area contributed by atoms with E-state index in [9.17, 15) is 18.0 Å². The number of anilines is 2. The van der Waals surface area contributed by atoms with Gasteiger partial charge in [0.1, 0.15) is 11.8 Å². The Hall–Kier alpha value is -4.74. The van der Waals surface area contributed by atoms with Gasteiger partial charge in [0, 0.05) is 18.0 Å². The standard InChI is InChI=1S/C25H21F3N8O/c1-14-19(24(37)34-18-11-32-35(12-18)15(2)16-6-4-3-5-7-16)8-17(10-30-14)21-9-20(25(26,27)28)22-23(29)31-13-33-36(21)22/h3-13,15H,1-2H3,(H,34,37)(H2,29,31,33). The van der Waals surface area contributed by atoms with Crippen LogP contribution in [0.3, 0.4) is 0 Å². The molecule has 1 atom stereocenters. The Morgan fingerprint density at radius 3 is 2.57 bits per heavy atom. The number of nitrogens with zero attached hydrogens (tertiary/aromatic N) is 6. The molecule has 1 amide bonds. The summed E-state index contributed by atoms with van der Waals surface area (Å²) >= 11 is 0. The zero-order valence-electron chi connectivity index (χ0n) is 19.7. The molecular weight excluding hydrogens is 485 g/mol. The van der Waals surface area contributed by atoms with Gasteiger partial charge in [0.05, 0.1) is 40.4 Å². The van der Waals surface area contributed by atoms with Crippen molar-refractivity contribution in [1.29, 1.82) is 0 Å². The maximum absolute atomic E-state index is 13.7. The van der Waals surface area contributed by atoms with Gasteiger partial charge in [-0.05, 0) is 31.5 Å². The van der Waals surface area contributed by atoms with Crippen molar-refractivity contribution in [2.75, 3.05) is 11.1 Å². The molecule has 3 N–H and O–H groups in total. The van der Waals surface area contributed by atoms with E-state index in [-0.39, 0.29) is 34.2 Å². The van der Waals surface area contributed by atoms with Crippen molar-refractivity contribution >= 4 is 22.9 Å². The van der Waals surface area contributed by atoms with Gasteiger partial charge in [-0.15, -0.1) is 0 Å². The molecule has 0 saturated heterocycles. The highest BCUT2D eigenvalue weighted by Crippen LogP contribution is 2.38. The molecule has 0 spiro atoms. The second-order valence-electron chi connectivity index (χ2n) is 8.45. The minimum Gasteiger partial charge on any atom is -0.382 e. The molecule has 0 aliphatic carbocycles. The molecule has 37 heavy (non-hydrogen) atoms. The lowest BCUT2D eigenvalue weighted by Gasteiger charge is -2.12. The number of rotatable bonds is 5. The lowest BCUT2D eigenvalue weighted by atomic mass is 10.1. The number of aryl methyl sites for hydroxylation is 1. The van der Waals surface area contributed by atoms with E-state index >= 15 is 0 Å². The van der Waals surface area contributed by atoms with Crippen LogP contribution in [0.15, 0.2) is 67.4 Å². The van der Waals surface area contributed by atoms with Crippen molar-refractivity contribution in [3.63, 3.8) is 0 Å². The van der Waals surface area contributed by atoms with Crippen LogP contribution in [0.4, 0.5) is 24.7 Å². The van der Waals surface area contributed by atoms with E-state index in [4.69, 9.17) is 5.73 Å². The molecule has 0 radical (unpaired) electrons. The molecule has 5 rings (SSSR count). The molecule has 0 fully saturated rings. The number of pyridine rings is 1. The van der Waals surface area contributed by atoms with Gasteiger partial charge in [-0.1, -0.05) is 30.3 Å². The number of nitrogens with two attached hydrogens (primary N) is 1. The van der Waals surface area contributed by atoms with Gasteiger partial charge in [0.25, 0.3) is 5.91 Å². The number of nitrogen functional groups attached to an aromatic ring is 1. The highest BCUT2D eigenvalue weighted by atomic mass is 19.4. The van der Waals surface area contributed by atoms with Crippen molar-refractivity contribution in [1.82, 2.24) is 29.4 Å². The summed E-state index contributed by atoms with van der Waals surface area (Å²) in [6.07, 6.45) is 0.997. The maximum atomic E-state index is 13.7. The molecule has 1 aromatic carbocycles. The molecule has 0 saturated carbocycles. The number of benzene rings is 1. The van der Waals surface area contributed by atoms with Crippen LogP contribution in [0.2, 0.25) is 0 Å². The van der Waals surface area contributed by atoms with Gasteiger partial charge >= 0.3 is 6.18 Å². The molecule has 1 unspecified atom stereocenters. The Kier molecular flexibility index (Phi) is 5.86. The minimum atomic E-state index is -4.68. The molecule has 0 aliphatic heterocycles. The fraction of sp³-hybridized carbons (Fsp3) is 0.160. The van der Waals surface area contributed by atoms with Crippen molar-refractivity contribution in [2.24, 2.45) is 0 Å². The number of carbonyl (C=O) groups is 1. The number of hydrogen-bond acceptors (Lipinski definition) is 6. The number of amides is 1. The van der Waals surface area contributed by atoms with Gasteiger partial charge in [-0.3, -0.25) is 14.5 Å². The van der Waals surface area contributed by atoms with E-state index in [0.29, 0.717) is 11.4 Å². The largest absolute Gasteiger partial charge is 0.418 e. The van der Waals surface area contributed by atoms with E-state index in [2.05, 4.69) is 25.5 Å². The van der Waals surface area contributed by atoms with E-state index in [0.717, 1.165) is 22.5 Å². The molecule has 0 bridgehead atoms. The molecule has 4 aromatic heterocycles. The number of nitrogens with one attached hydrogen (secondary N) is 1. The fourth-order valence-corrected chi connectivity index (χ4v) is 4.09. The zero-order valence-corrected chi connectivity index (χ0v) is 19.7. The van der Waals surface area contributed by atoms with Crippen LogP contribution in [0, 0.1) is 6.92 Å². The third-order valence-electron chi connectivity index (χ3n) is 6.05. The number of hydrogen-bond donors (Lipinski definition) is 2. The quantitative estimate of drug-likeness (QED) is 0.355. The SMILES string of the molecule is Cc1ncc(-c2cc(C(F)(F)F)c3c(N)ncnn23)cc1C(=O)Nc1cnn(C(C)c2ccccc2)c1. The summed E-state index contributed by atoms with van der Waals surface area (Å²) in [5.74, 6) is -0.793. The summed E-state index contributed by atoms with van der Waals surface area (Å²) in [7, 11) is 0. The Labute approximate surface area is 208 Å². The van der Waals surface area contributed by atoms with Crippen LogP contribution >= 0.6 is 0 Å². The van der Waals surface area contributed by atoms with E-state index in [1.54, 1.807) is 17.8 Å². The number of fused-ring (bicyclic) bond motifs is 1. The lowest BCUT2D eigenvalue weighted by molar-refractivity contribution is -0.136. The van der Waals surface area contributed by atoms with Crippen LogP contribution in [-0.4, -0.2) is 35.3 Å². The summed E-state index contributed by atoms with van der Waals surface area (Å²) in [6, 6.07) is 12.1. The van der Waals surface area contributed by atoms with Crippen molar-refractivity contribution in [3.8, 4) is 11.3 Å². The third kappa shape index (κ3) is 4.48. The van der Waals surface area contributed by atoms with Crippen LogP contribution in [0.1, 0.15) is 40.1 Å². The first-order valence-electron chi connectivity index (χ1n) is 11.2. The summed E-state index contributed by atoms with van der Waals surface area (Å²) in [4.78, 5) is 21.1. The van der Waals surface area contributed by atoms with Crippen LogP contribution in [0.5, 0.6) is 0 Å². The molecule has 0 aliphatic rings. The molecule has 188 valence electrons. The van der Waals surface area contributed by atoms with Crippen LogP contribution < -0.4 is 11.1 Å². The first-order valence-corrected chi connectivity index (χ1v) is 11.2. The van der Waals surface area contributed by atoms with Crippen molar-refractivity contribution in [2.45, 2.75) is 26.1 Å². The monoisotopic (exact) mass is 506 g/mol. The highest BCUT2D eigenvalue weighted by molar-refractivity contribution is 6.05. The topological polar surface area (TPSA) is 116 Å². The Morgan fingerprint density at radius 2 is 1.84 bits per heavy atom. The number of aromatic nitrogens is 6. The smallest absolute Gasteiger partial charge is 0.382 e. The second kappa shape index (κ2) is 9.04. The van der Waals surface area contributed by atoms with Crippen molar-refractivity contribution < 1.29 is 18.0 Å². The predicted molar refractivity (Wildman–Crippen MR) is 131 cm³/mol. The second-order valence-corrected chi connectivity index (χ2v) is 8.45. The molecule has 9 nitrogen and oxygen atoms in total. The zero-order chi connectivity index (χ0) is 26.3. The minimum absolute atomic E-state index is 0.0570. The van der Waals surface area contributed by atoms with E-state index in [1.807, 2.05) is 37.3 Å². The summed E-state index contributed by atoms with van der Waals surface area (Å²) < 4.78 is 43.9. The van der Waals surface area contributed by atoms with Crippen LogP contribution in [0.25, 0.3) is 16.8 Å². The Morgan fingerprint density at radius 1 is 1.08 bits per heavy atom. The molecule has 5 aromatic rings. The van der Waals surface area contributed by atoms with Gasteiger partial charge < -0.3 is 11.1 Å². The van der Waals surface area contributed by atoms with Gasteiger partial charge in [0.2, 0.25) is 0 Å². The number of carbonyl (C=O) groups excluding carboxylic acids is 1. The normalized spacial score (nSPS) is 12.6. The average Bonchev–Trinajstić information content (AvgIpc) is 3.50. The number of alkyl halides is 3. The summed E-state index contributed by atoms with van der Waals surface area (Å²) in [6.45, 7) is 3.62. The van der Waals surface area contributed by atoms with Crippen molar-refractivity contribution in [3.05, 3.63) is 89.8 Å². The van der Waals surface area contributed by atoms with Gasteiger partial charge in [0.15, 0.2) is 5.82 Å². The predicted octanol–water partition coefficient (Wildman–Crippen LogP) is 4.76. The molecule has 12 heteroatoms. The molecular formula is C25H21F3N8O. The average molecular weight is 506 g/mol. The maximum Gasteiger partial charge on any atom is 0.418 e. The Balaban J connectivity index is 1.46. The summed E-state index contributed by atoms with van der Waals surface area (Å²) in [5.41, 5.74) is 6.82. The van der Waals surface area contributed by atoms with Gasteiger partial charge in [-0.2, -0.15) is 23.4 Å². The van der Waals surface area contributed by atoms with Crippen LogP contribution in [-0.2, 0) is 6.18 Å². The third-order valence-corrected chi connectivity index (χ3v) is 6.05. The lowest BCUT2D eigenvalue weighted by Crippen LogP contribution is -2.14. The summed E-state index contributed by atoms with van der Waals surface area (Å²) in [5, 5.41) is 11.1. The first kappa shape index (κ1) is 24.0. The number of halogens is 3. The van der Waals surface area contributed by atoms with E-state index < -0.39 is 17.6 Å². The highest BCUT2D eigenvalue weighted by Gasteiger charge is 2.36. The van der Waals surface area contributed by atoms with E-state index in [1.165, 1.54) is 18.5 Å². The Bertz CT molecular complexity index is 1610. The first-order chi connectivity index (χ1) is 17.6. The fourth-order valence-electron chi connectivity index (χ4n) is 4.09. The molecule has 4 heterocycles.